The van der Waals surface area contributed by atoms with Crippen molar-refractivity contribution in [2.45, 2.75) is 0 Å². The highest BCUT2D eigenvalue weighted by molar-refractivity contribution is 7.90. The van der Waals surface area contributed by atoms with E-state index < -0.39 is 26.5 Å². The Morgan fingerprint density at radius 3 is 2.69 bits per heavy atom. The number of rotatable bonds is 5. The molecule has 1 aromatic heterocycles. The van der Waals surface area contributed by atoms with Gasteiger partial charge in [0.25, 0.3) is 0 Å². The van der Waals surface area contributed by atoms with Crippen molar-refractivity contribution in [3.8, 4) is 0 Å². The van der Waals surface area contributed by atoms with Crippen LogP contribution in [0.5, 0.6) is 0 Å². The Morgan fingerprint density at radius 2 is 1.96 bits per heavy atom. The third-order valence-corrected chi connectivity index (χ3v) is 5.47. The molecule has 0 radical (unpaired) electrons. The smallest absolute Gasteiger partial charge is 0.258 e. The van der Waals surface area contributed by atoms with Crippen molar-refractivity contribution >= 4 is 44.3 Å². The van der Waals surface area contributed by atoms with E-state index in [1.807, 2.05) is 0 Å². The molecule has 0 amide bonds. The zero-order valence-corrected chi connectivity index (χ0v) is 14.7. The summed E-state index contributed by atoms with van der Waals surface area (Å²) in [6.07, 6.45) is 4.19. The highest BCUT2D eigenvalue weighted by Crippen LogP contribution is 2.23. The van der Waals surface area contributed by atoms with Gasteiger partial charge in [-0.05, 0) is 35.9 Å². The second kappa shape index (κ2) is 6.89. The molecule has 0 fully saturated rings. The average molecular weight is 395 g/mol. The van der Waals surface area contributed by atoms with Gasteiger partial charge in [-0.15, -0.1) is 0 Å². The van der Waals surface area contributed by atoms with Gasteiger partial charge in [0.2, 0.25) is 15.8 Å². The van der Waals surface area contributed by atoms with E-state index in [-0.39, 0.29) is 5.75 Å². The molecule has 9 heteroatoms. The average Bonchev–Trinajstić information content (AvgIpc) is 2.99. The number of fused-ring (bicyclic) bond motifs is 1. The Labute approximate surface area is 153 Å². The maximum atomic E-state index is 13.3. The lowest BCUT2D eigenvalue weighted by atomic mass is 10.2. The molecular formula is C17H12ClFN2O4S. The molecule has 3 aromatic rings. The quantitative estimate of drug-likeness (QED) is 0.479. The molecule has 0 aliphatic carbocycles. The van der Waals surface area contributed by atoms with E-state index in [9.17, 15) is 22.9 Å². The van der Waals surface area contributed by atoms with Crippen LogP contribution in [0.2, 0.25) is 5.02 Å². The molecule has 26 heavy (non-hydrogen) atoms. The lowest BCUT2D eigenvalue weighted by molar-refractivity contribution is -0.387. The molecule has 1 heterocycles. The lowest BCUT2D eigenvalue weighted by Crippen LogP contribution is -2.14. The van der Waals surface area contributed by atoms with Crippen LogP contribution in [0.3, 0.4) is 0 Å². The first-order chi connectivity index (χ1) is 12.3. The van der Waals surface area contributed by atoms with Crippen LogP contribution in [-0.4, -0.2) is 23.1 Å². The van der Waals surface area contributed by atoms with Crippen LogP contribution in [0.1, 0.15) is 5.56 Å². The zero-order chi connectivity index (χ0) is 18.9. The van der Waals surface area contributed by atoms with Crippen molar-refractivity contribution in [2.24, 2.45) is 0 Å². The van der Waals surface area contributed by atoms with Gasteiger partial charge in [0, 0.05) is 22.7 Å². The van der Waals surface area contributed by atoms with Crippen molar-refractivity contribution in [1.82, 2.24) is 3.97 Å². The number of nitro benzene ring substituents is 1. The van der Waals surface area contributed by atoms with Crippen molar-refractivity contribution in [3.05, 3.63) is 81.3 Å². The van der Waals surface area contributed by atoms with Crippen molar-refractivity contribution in [1.29, 1.82) is 0 Å². The van der Waals surface area contributed by atoms with E-state index >= 15 is 0 Å². The summed E-state index contributed by atoms with van der Waals surface area (Å²) in [6, 6.07) is 9.87. The zero-order valence-electron chi connectivity index (χ0n) is 13.2. The molecule has 0 saturated carbocycles. The summed E-state index contributed by atoms with van der Waals surface area (Å²) >= 11 is 5.90. The first-order valence-corrected chi connectivity index (χ1v) is 9.37. The highest BCUT2D eigenvalue weighted by Gasteiger charge is 2.15. The van der Waals surface area contributed by atoms with Gasteiger partial charge in [0.05, 0.1) is 16.2 Å². The van der Waals surface area contributed by atoms with Crippen molar-refractivity contribution in [3.63, 3.8) is 0 Å². The summed E-state index contributed by atoms with van der Waals surface area (Å²) in [5.41, 5.74) is 0.168. The largest absolute Gasteiger partial charge is 0.305 e. The number of hydrogen-bond donors (Lipinski definition) is 0. The SMILES string of the molecule is O=[N+]([O-])c1cc(C=CCS(=O)(=O)n2ccc3cc(Cl)ccc32)ccc1F. The van der Waals surface area contributed by atoms with Crippen LogP contribution >= 0.6 is 11.6 Å². The predicted octanol–water partition coefficient (Wildman–Crippen LogP) is 4.23. The van der Waals surface area contributed by atoms with Crippen molar-refractivity contribution < 1.29 is 17.7 Å². The molecule has 3 rings (SSSR count). The minimum Gasteiger partial charge on any atom is -0.258 e. The summed E-state index contributed by atoms with van der Waals surface area (Å²) < 4.78 is 39.5. The number of nitrogens with zero attached hydrogens (tertiary/aromatic N) is 2. The van der Waals surface area contributed by atoms with E-state index in [0.717, 1.165) is 16.1 Å². The molecule has 0 saturated heterocycles. The van der Waals surface area contributed by atoms with Crippen LogP contribution in [0.15, 0.2) is 54.7 Å². The van der Waals surface area contributed by atoms with E-state index in [1.54, 1.807) is 24.3 Å². The third-order valence-electron chi connectivity index (χ3n) is 3.70. The van der Waals surface area contributed by atoms with Crippen LogP contribution in [-0.2, 0) is 10.0 Å². The molecule has 2 aromatic carbocycles. The molecule has 0 aliphatic heterocycles. The molecule has 0 N–H and O–H groups in total. The van der Waals surface area contributed by atoms with Gasteiger partial charge < -0.3 is 0 Å². The maximum absolute atomic E-state index is 13.3. The Balaban J connectivity index is 1.85. The van der Waals surface area contributed by atoms with Crippen LogP contribution in [0.4, 0.5) is 10.1 Å². The molecule has 0 unspecified atom stereocenters. The second-order valence-corrected chi connectivity index (χ2v) is 7.79. The van der Waals surface area contributed by atoms with Gasteiger partial charge in [0.15, 0.2) is 0 Å². The fraction of sp³-hybridized carbons (Fsp3) is 0.0588. The van der Waals surface area contributed by atoms with E-state index in [1.165, 1.54) is 24.4 Å². The van der Waals surface area contributed by atoms with E-state index in [2.05, 4.69) is 0 Å². The maximum Gasteiger partial charge on any atom is 0.305 e. The summed E-state index contributed by atoms with van der Waals surface area (Å²) in [6.45, 7) is 0. The van der Waals surface area contributed by atoms with E-state index in [0.29, 0.717) is 21.5 Å². The first-order valence-electron chi connectivity index (χ1n) is 7.38. The lowest BCUT2D eigenvalue weighted by Gasteiger charge is -2.05. The second-order valence-electron chi connectivity index (χ2n) is 5.46. The van der Waals surface area contributed by atoms with Crippen LogP contribution in [0.25, 0.3) is 17.0 Å². The summed E-state index contributed by atoms with van der Waals surface area (Å²) in [5.74, 6) is -1.28. The summed E-state index contributed by atoms with van der Waals surface area (Å²) in [7, 11) is -3.68. The van der Waals surface area contributed by atoms with Gasteiger partial charge in [-0.25, -0.2) is 12.4 Å². The highest BCUT2D eigenvalue weighted by atomic mass is 35.5. The number of halogens is 2. The predicted molar refractivity (Wildman–Crippen MR) is 98.2 cm³/mol. The van der Waals surface area contributed by atoms with Gasteiger partial charge in [0.1, 0.15) is 0 Å². The van der Waals surface area contributed by atoms with Crippen LogP contribution in [0, 0.1) is 15.9 Å². The van der Waals surface area contributed by atoms with E-state index in [4.69, 9.17) is 11.6 Å². The fourth-order valence-electron chi connectivity index (χ4n) is 2.49. The molecular weight excluding hydrogens is 383 g/mol. The van der Waals surface area contributed by atoms with Gasteiger partial charge >= 0.3 is 5.69 Å². The molecule has 0 aliphatic rings. The Hall–Kier alpha value is -2.71. The van der Waals surface area contributed by atoms with Crippen LogP contribution < -0.4 is 0 Å². The summed E-state index contributed by atoms with van der Waals surface area (Å²) in [5, 5.41) is 11.9. The van der Waals surface area contributed by atoms with Crippen molar-refractivity contribution in [2.75, 3.05) is 5.75 Å². The first kappa shape index (κ1) is 18.1. The molecule has 134 valence electrons. The standard InChI is InChI=1S/C17H12ClFN2O4S/c18-14-4-6-16-13(11-14)7-8-20(16)26(24,25)9-1-2-12-3-5-15(19)17(10-12)21(22)23/h1-8,10-11H,9H2. The molecule has 0 bridgehead atoms. The summed E-state index contributed by atoms with van der Waals surface area (Å²) in [4.78, 5) is 9.91. The third kappa shape index (κ3) is 3.61. The number of benzene rings is 2. The Morgan fingerprint density at radius 1 is 1.19 bits per heavy atom. The van der Waals surface area contributed by atoms with Gasteiger partial charge in [-0.3, -0.25) is 10.1 Å². The Kier molecular flexibility index (Phi) is 4.80. The molecule has 6 nitrogen and oxygen atoms in total. The normalized spacial score (nSPS) is 12.1. The molecule has 0 atom stereocenters. The number of hydrogen-bond acceptors (Lipinski definition) is 4. The number of nitro groups is 1. The molecule has 0 spiro atoms. The monoisotopic (exact) mass is 394 g/mol. The fourth-order valence-corrected chi connectivity index (χ4v) is 3.88. The Bertz CT molecular complexity index is 1140. The number of aromatic nitrogens is 1. The van der Waals surface area contributed by atoms with Gasteiger partial charge in [-0.1, -0.05) is 29.8 Å². The topological polar surface area (TPSA) is 82.2 Å². The van der Waals surface area contributed by atoms with Gasteiger partial charge in [-0.2, -0.15) is 4.39 Å². The minimum atomic E-state index is -3.68. The minimum absolute atomic E-state index is 0.329.